The standard InChI is InChI=1S/C12H14O4/c1-2-16-12(15)9-6-8(9)7-3-4-10(13)11(14)5-7/h3-5,8-9,13-14H,2,6H2,1H3/t8-,9+/m0/s1. The van der Waals surface area contributed by atoms with E-state index >= 15 is 0 Å². The van der Waals surface area contributed by atoms with E-state index in [9.17, 15) is 9.90 Å². The van der Waals surface area contributed by atoms with Gasteiger partial charge in [0.2, 0.25) is 0 Å². The zero-order valence-corrected chi connectivity index (χ0v) is 9.01. The number of ether oxygens (including phenoxy) is 1. The summed E-state index contributed by atoms with van der Waals surface area (Å²) in [6.07, 6.45) is 0.753. The van der Waals surface area contributed by atoms with Gasteiger partial charge in [0.05, 0.1) is 12.5 Å². The van der Waals surface area contributed by atoms with Gasteiger partial charge in [0, 0.05) is 0 Å². The molecule has 1 aromatic carbocycles. The van der Waals surface area contributed by atoms with Crippen LogP contribution in [-0.2, 0) is 9.53 Å². The molecule has 2 N–H and O–H groups in total. The van der Waals surface area contributed by atoms with Crippen LogP contribution in [0.4, 0.5) is 0 Å². The average Bonchev–Trinajstić information content (AvgIpc) is 3.02. The second-order valence-electron chi connectivity index (χ2n) is 3.95. The fourth-order valence-electron chi connectivity index (χ4n) is 1.84. The summed E-state index contributed by atoms with van der Waals surface area (Å²) in [5.41, 5.74) is 0.869. The van der Waals surface area contributed by atoms with Crippen molar-refractivity contribution in [3.63, 3.8) is 0 Å². The highest BCUT2D eigenvalue weighted by molar-refractivity contribution is 5.77. The van der Waals surface area contributed by atoms with Gasteiger partial charge in [0.15, 0.2) is 11.5 Å². The largest absolute Gasteiger partial charge is 0.504 e. The molecule has 0 unspecified atom stereocenters. The molecule has 0 saturated heterocycles. The molecule has 2 rings (SSSR count). The van der Waals surface area contributed by atoms with E-state index in [2.05, 4.69) is 0 Å². The Morgan fingerprint density at radius 1 is 1.44 bits per heavy atom. The summed E-state index contributed by atoms with van der Waals surface area (Å²) in [5.74, 6) is -0.446. The molecule has 0 amide bonds. The molecule has 1 aliphatic rings. The predicted octanol–water partition coefficient (Wildman–Crippen LogP) is 1.76. The monoisotopic (exact) mass is 222 g/mol. The Bertz CT molecular complexity index is 413. The summed E-state index contributed by atoms with van der Waals surface area (Å²) < 4.78 is 4.92. The van der Waals surface area contributed by atoms with Crippen molar-refractivity contribution in [1.29, 1.82) is 0 Å². The molecule has 4 heteroatoms. The number of hydrogen-bond donors (Lipinski definition) is 2. The minimum absolute atomic E-state index is 0.0936. The number of rotatable bonds is 3. The van der Waals surface area contributed by atoms with E-state index in [1.54, 1.807) is 13.0 Å². The minimum atomic E-state index is -0.180. The fourth-order valence-corrected chi connectivity index (χ4v) is 1.84. The van der Waals surface area contributed by atoms with E-state index in [0.29, 0.717) is 6.61 Å². The van der Waals surface area contributed by atoms with Crippen molar-refractivity contribution in [2.45, 2.75) is 19.3 Å². The molecule has 4 nitrogen and oxygen atoms in total. The first-order valence-electron chi connectivity index (χ1n) is 5.32. The van der Waals surface area contributed by atoms with Crippen molar-refractivity contribution < 1.29 is 19.7 Å². The first-order valence-corrected chi connectivity index (χ1v) is 5.32. The van der Waals surface area contributed by atoms with Crippen LogP contribution in [-0.4, -0.2) is 22.8 Å². The van der Waals surface area contributed by atoms with E-state index in [1.807, 2.05) is 0 Å². The van der Waals surface area contributed by atoms with Crippen LogP contribution in [0.1, 0.15) is 24.8 Å². The average molecular weight is 222 g/mol. The van der Waals surface area contributed by atoms with Gasteiger partial charge in [0.1, 0.15) is 0 Å². The van der Waals surface area contributed by atoms with Crippen LogP contribution in [0.5, 0.6) is 11.5 Å². The predicted molar refractivity (Wildman–Crippen MR) is 57.3 cm³/mol. The van der Waals surface area contributed by atoms with Gasteiger partial charge in [-0.1, -0.05) is 6.07 Å². The molecule has 0 aliphatic heterocycles. The van der Waals surface area contributed by atoms with Crippen LogP contribution in [0.3, 0.4) is 0 Å². The zero-order valence-electron chi connectivity index (χ0n) is 9.01. The number of benzene rings is 1. The van der Waals surface area contributed by atoms with Crippen LogP contribution in [0.25, 0.3) is 0 Å². The molecule has 1 saturated carbocycles. The van der Waals surface area contributed by atoms with Gasteiger partial charge in [0.25, 0.3) is 0 Å². The maximum Gasteiger partial charge on any atom is 0.309 e. The van der Waals surface area contributed by atoms with Gasteiger partial charge in [-0.3, -0.25) is 4.79 Å². The number of phenolic OH excluding ortho intramolecular Hbond substituents is 2. The summed E-state index contributed by atoms with van der Waals surface area (Å²) >= 11 is 0. The number of carbonyl (C=O) groups is 1. The van der Waals surface area contributed by atoms with Crippen molar-refractivity contribution in [2.24, 2.45) is 5.92 Å². The third kappa shape index (κ3) is 1.96. The maximum atomic E-state index is 11.4. The molecule has 86 valence electrons. The lowest BCUT2D eigenvalue weighted by molar-refractivity contribution is -0.144. The second-order valence-corrected chi connectivity index (χ2v) is 3.95. The molecular weight excluding hydrogens is 208 g/mol. The molecule has 0 bridgehead atoms. The topological polar surface area (TPSA) is 66.8 Å². The van der Waals surface area contributed by atoms with Crippen LogP contribution < -0.4 is 0 Å². The molecule has 1 fully saturated rings. The van der Waals surface area contributed by atoms with E-state index in [4.69, 9.17) is 9.84 Å². The normalized spacial score (nSPS) is 22.8. The quantitative estimate of drug-likeness (QED) is 0.604. The lowest BCUT2D eigenvalue weighted by Gasteiger charge is -2.03. The van der Waals surface area contributed by atoms with E-state index in [1.165, 1.54) is 12.1 Å². The first kappa shape index (κ1) is 10.8. The van der Waals surface area contributed by atoms with Gasteiger partial charge in [-0.2, -0.15) is 0 Å². The molecule has 2 atom stereocenters. The Hall–Kier alpha value is -1.71. The van der Waals surface area contributed by atoms with E-state index in [-0.39, 0.29) is 29.3 Å². The van der Waals surface area contributed by atoms with Gasteiger partial charge < -0.3 is 14.9 Å². The van der Waals surface area contributed by atoms with Crippen molar-refractivity contribution in [3.8, 4) is 11.5 Å². The molecule has 0 radical (unpaired) electrons. The van der Waals surface area contributed by atoms with Crippen molar-refractivity contribution in [3.05, 3.63) is 23.8 Å². The molecule has 1 aromatic rings. The Morgan fingerprint density at radius 2 is 2.19 bits per heavy atom. The number of carbonyl (C=O) groups excluding carboxylic acids is 1. The van der Waals surface area contributed by atoms with Gasteiger partial charge >= 0.3 is 5.97 Å². The molecule has 1 aliphatic carbocycles. The Morgan fingerprint density at radius 3 is 2.81 bits per heavy atom. The van der Waals surface area contributed by atoms with Gasteiger partial charge in [-0.15, -0.1) is 0 Å². The number of esters is 1. The molecule has 0 aromatic heterocycles. The summed E-state index contributed by atoms with van der Waals surface area (Å²) in [7, 11) is 0. The van der Waals surface area contributed by atoms with Gasteiger partial charge in [-0.25, -0.2) is 0 Å². The highest BCUT2D eigenvalue weighted by Gasteiger charge is 2.45. The zero-order chi connectivity index (χ0) is 11.7. The lowest BCUT2D eigenvalue weighted by atomic mass is 10.1. The highest BCUT2D eigenvalue weighted by Crippen LogP contribution is 2.49. The number of hydrogen-bond acceptors (Lipinski definition) is 4. The lowest BCUT2D eigenvalue weighted by Crippen LogP contribution is -2.07. The van der Waals surface area contributed by atoms with Gasteiger partial charge in [-0.05, 0) is 37.0 Å². The minimum Gasteiger partial charge on any atom is -0.504 e. The Balaban J connectivity index is 2.06. The molecule has 16 heavy (non-hydrogen) atoms. The number of aromatic hydroxyl groups is 2. The highest BCUT2D eigenvalue weighted by atomic mass is 16.5. The van der Waals surface area contributed by atoms with Crippen molar-refractivity contribution in [1.82, 2.24) is 0 Å². The summed E-state index contributed by atoms with van der Waals surface area (Å²) in [5, 5.41) is 18.5. The molecular formula is C12H14O4. The van der Waals surface area contributed by atoms with Crippen LogP contribution in [0, 0.1) is 5.92 Å². The van der Waals surface area contributed by atoms with Crippen LogP contribution >= 0.6 is 0 Å². The van der Waals surface area contributed by atoms with Crippen molar-refractivity contribution in [2.75, 3.05) is 6.61 Å². The maximum absolute atomic E-state index is 11.4. The van der Waals surface area contributed by atoms with Crippen LogP contribution in [0.2, 0.25) is 0 Å². The summed E-state index contributed by atoms with van der Waals surface area (Å²) in [6.45, 7) is 2.17. The second kappa shape index (κ2) is 4.04. The summed E-state index contributed by atoms with van der Waals surface area (Å²) in [4.78, 5) is 11.4. The Kier molecular flexibility index (Phi) is 2.73. The van der Waals surface area contributed by atoms with E-state index < -0.39 is 0 Å². The smallest absolute Gasteiger partial charge is 0.309 e. The molecule has 0 heterocycles. The molecule has 0 spiro atoms. The third-order valence-corrected chi connectivity index (χ3v) is 2.81. The fraction of sp³-hybridized carbons (Fsp3) is 0.417. The van der Waals surface area contributed by atoms with Crippen molar-refractivity contribution >= 4 is 5.97 Å². The number of phenols is 2. The Labute approximate surface area is 93.5 Å². The third-order valence-electron chi connectivity index (χ3n) is 2.81. The first-order chi connectivity index (χ1) is 7.63. The van der Waals surface area contributed by atoms with E-state index in [0.717, 1.165) is 12.0 Å². The van der Waals surface area contributed by atoms with Crippen LogP contribution in [0.15, 0.2) is 18.2 Å². The summed E-state index contributed by atoms with van der Waals surface area (Å²) in [6, 6.07) is 4.66. The SMILES string of the molecule is CCOC(=O)[C@@H]1C[C@H]1c1ccc(O)c(O)c1.